The van der Waals surface area contributed by atoms with E-state index in [0.717, 1.165) is 29.5 Å². The molecule has 0 aliphatic carbocycles. The maximum Gasteiger partial charge on any atom is 0.0615 e. The van der Waals surface area contributed by atoms with Crippen LogP contribution in [0.3, 0.4) is 0 Å². The highest BCUT2D eigenvalue weighted by Gasteiger charge is 2.23. The largest absolute Gasteiger partial charge is 0.397 e. The van der Waals surface area contributed by atoms with Crippen LogP contribution in [-0.4, -0.2) is 23.6 Å². The van der Waals surface area contributed by atoms with E-state index in [4.69, 9.17) is 17.3 Å². The van der Waals surface area contributed by atoms with Crippen molar-refractivity contribution in [1.29, 1.82) is 0 Å². The summed E-state index contributed by atoms with van der Waals surface area (Å²) in [5, 5.41) is 2.03. The lowest BCUT2D eigenvalue weighted by atomic mass is 10.2. The first-order valence-electron chi connectivity index (χ1n) is 5.51. The fraction of sp³-hybridized carbons (Fsp3) is 0.500. The maximum absolute atomic E-state index is 6.02. The third-order valence-electron chi connectivity index (χ3n) is 2.75. The Balaban J connectivity index is 2.25. The molecular weight excluding hydrogens is 240 g/mol. The molecule has 4 heteroatoms. The van der Waals surface area contributed by atoms with Gasteiger partial charge in [-0.1, -0.05) is 25.4 Å². The normalized spacial score (nSPS) is 25.8. The number of nitrogens with zero attached hydrogens (tertiary/aromatic N) is 1. The van der Waals surface area contributed by atoms with Crippen LogP contribution in [0.1, 0.15) is 13.8 Å². The van der Waals surface area contributed by atoms with Gasteiger partial charge >= 0.3 is 0 Å². The minimum atomic E-state index is 0.641. The predicted molar refractivity (Wildman–Crippen MR) is 74.6 cm³/mol. The second-order valence-electron chi connectivity index (χ2n) is 4.37. The van der Waals surface area contributed by atoms with Crippen LogP contribution in [-0.2, 0) is 0 Å². The second kappa shape index (κ2) is 4.76. The van der Waals surface area contributed by atoms with Crippen molar-refractivity contribution in [2.24, 2.45) is 0 Å². The van der Waals surface area contributed by atoms with Gasteiger partial charge in [-0.15, -0.1) is 0 Å². The van der Waals surface area contributed by atoms with Crippen molar-refractivity contribution in [1.82, 2.24) is 0 Å². The summed E-state index contributed by atoms with van der Waals surface area (Å²) in [7, 11) is 0. The van der Waals surface area contributed by atoms with E-state index in [1.54, 1.807) is 0 Å². The molecule has 1 aliphatic heterocycles. The molecule has 1 fully saturated rings. The van der Waals surface area contributed by atoms with Gasteiger partial charge in [-0.2, -0.15) is 11.8 Å². The van der Waals surface area contributed by atoms with E-state index in [2.05, 4.69) is 18.7 Å². The van der Waals surface area contributed by atoms with Crippen LogP contribution >= 0.6 is 23.4 Å². The molecular formula is C12H17ClN2S. The predicted octanol–water partition coefficient (Wildman–Crippen LogP) is 3.25. The van der Waals surface area contributed by atoms with E-state index < -0.39 is 0 Å². The van der Waals surface area contributed by atoms with Gasteiger partial charge in [0.25, 0.3) is 0 Å². The van der Waals surface area contributed by atoms with Crippen LogP contribution in [0.2, 0.25) is 5.02 Å². The molecule has 1 saturated heterocycles. The first-order valence-corrected chi connectivity index (χ1v) is 6.84. The van der Waals surface area contributed by atoms with Gasteiger partial charge in [-0.3, -0.25) is 0 Å². The number of rotatable bonds is 1. The molecule has 2 unspecified atom stereocenters. The fourth-order valence-electron chi connectivity index (χ4n) is 2.17. The molecule has 0 bridgehead atoms. The number of hydrogen-bond donors (Lipinski definition) is 1. The third kappa shape index (κ3) is 2.58. The van der Waals surface area contributed by atoms with E-state index in [1.807, 2.05) is 30.0 Å². The minimum absolute atomic E-state index is 0.641. The van der Waals surface area contributed by atoms with E-state index in [1.165, 1.54) is 0 Å². The Morgan fingerprint density at radius 3 is 2.56 bits per heavy atom. The van der Waals surface area contributed by atoms with Gasteiger partial charge in [0.15, 0.2) is 0 Å². The number of thioether (sulfide) groups is 1. The summed E-state index contributed by atoms with van der Waals surface area (Å²) in [4.78, 5) is 2.34. The second-order valence-corrected chi connectivity index (χ2v) is 6.68. The van der Waals surface area contributed by atoms with Crippen molar-refractivity contribution in [3.63, 3.8) is 0 Å². The average molecular weight is 257 g/mol. The average Bonchev–Trinajstić information content (AvgIpc) is 2.20. The fourth-order valence-corrected chi connectivity index (χ4v) is 3.66. The SMILES string of the molecule is CC1CN(c2cc(Cl)ccc2N)CC(C)S1. The van der Waals surface area contributed by atoms with Crippen molar-refractivity contribution in [2.75, 3.05) is 23.7 Å². The summed E-state index contributed by atoms with van der Waals surface area (Å²) < 4.78 is 0. The zero-order chi connectivity index (χ0) is 11.7. The molecule has 1 aliphatic rings. The number of nitrogens with two attached hydrogens (primary N) is 1. The van der Waals surface area contributed by atoms with Gasteiger partial charge in [0.05, 0.1) is 11.4 Å². The highest BCUT2D eigenvalue weighted by Crippen LogP contribution is 2.33. The van der Waals surface area contributed by atoms with Gasteiger partial charge in [0.1, 0.15) is 0 Å². The summed E-state index contributed by atoms with van der Waals surface area (Å²) in [6.07, 6.45) is 0. The maximum atomic E-state index is 6.02. The Hall–Kier alpha value is -0.540. The Labute approximate surface area is 106 Å². The van der Waals surface area contributed by atoms with Gasteiger partial charge in [-0.05, 0) is 18.2 Å². The first kappa shape index (κ1) is 11.9. The lowest BCUT2D eigenvalue weighted by molar-refractivity contribution is 0.729. The summed E-state index contributed by atoms with van der Waals surface area (Å²) in [6, 6.07) is 5.69. The Morgan fingerprint density at radius 1 is 1.31 bits per heavy atom. The van der Waals surface area contributed by atoms with Crippen LogP contribution in [0.15, 0.2) is 18.2 Å². The van der Waals surface area contributed by atoms with Crippen LogP contribution in [0, 0.1) is 0 Å². The number of anilines is 2. The van der Waals surface area contributed by atoms with Gasteiger partial charge in [-0.25, -0.2) is 0 Å². The van der Waals surface area contributed by atoms with Crippen molar-refractivity contribution in [2.45, 2.75) is 24.3 Å². The molecule has 88 valence electrons. The number of hydrogen-bond acceptors (Lipinski definition) is 3. The number of halogens is 1. The lowest BCUT2D eigenvalue weighted by Gasteiger charge is -2.36. The molecule has 0 saturated carbocycles. The van der Waals surface area contributed by atoms with Crippen LogP contribution in [0.4, 0.5) is 11.4 Å². The van der Waals surface area contributed by atoms with Crippen molar-refractivity contribution < 1.29 is 0 Å². The van der Waals surface area contributed by atoms with E-state index in [-0.39, 0.29) is 0 Å². The molecule has 0 spiro atoms. The first-order chi connectivity index (χ1) is 7.56. The summed E-state index contributed by atoms with van der Waals surface area (Å²) in [5.74, 6) is 0. The van der Waals surface area contributed by atoms with Gasteiger partial charge < -0.3 is 10.6 Å². The summed E-state index contributed by atoms with van der Waals surface area (Å²) >= 11 is 8.06. The van der Waals surface area contributed by atoms with Gasteiger partial charge in [0.2, 0.25) is 0 Å². The molecule has 2 atom stereocenters. The van der Waals surface area contributed by atoms with Gasteiger partial charge in [0, 0.05) is 28.6 Å². The number of nitrogen functional groups attached to an aromatic ring is 1. The molecule has 2 nitrogen and oxygen atoms in total. The molecule has 0 aromatic heterocycles. The standard InChI is InChI=1S/C12H17ClN2S/c1-8-6-15(7-9(2)16-8)12-5-10(13)3-4-11(12)14/h3-5,8-9H,6-7,14H2,1-2H3. The Bertz CT molecular complexity index is 373. The molecule has 2 rings (SSSR count). The molecule has 1 aromatic carbocycles. The monoisotopic (exact) mass is 256 g/mol. The minimum Gasteiger partial charge on any atom is -0.397 e. The summed E-state index contributed by atoms with van der Waals surface area (Å²) in [6.45, 7) is 6.60. The molecule has 1 heterocycles. The molecule has 0 radical (unpaired) electrons. The lowest BCUT2D eigenvalue weighted by Crippen LogP contribution is -2.40. The quantitative estimate of drug-likeness (QED) is 0.782. The molecule has 1 aromatic rings. The van der Waals surface area contributed by atoms with Crippen molar-refractivity contribution in [3.8, 4) is 0 Å². The Kier molecular flexibility index (Phi) is 3.55. The van der Waals surface area contributed by atoms with Crippen molar-refractivity contribution in [3.05, 3.63) is 23.2 Å². The highest BCUT2D eigenvalue weighted by molar-refractivity contribution is 8.00. The topological polar surface area (TPSA) is 29.3 Å². The Morgan fingerprint density at radius 2 is 1.94 bits per heavy atom. The van der Waals surface area contributed by atoms with E-state index in [9.17, 15) is 0 Å². The smallest absolute Gasteiger partial charge is 0.0615 e. The van der Waals surface area contributed by atoms with Crippen LogP contribution < -0.4 is 10.6 Å². The van der Waals surface area contributed by atoms with Crippen molar-refractivity contribution >= 4 is 34.7 Å². The van der Waals surface area contributed by atoms with E-state index in [0.29, 0.717) is 10.5 Å². The summed E-state index contributed by atoms with van der Waals surface area (Å²) in [5.41, 5.74) is 7.89. The van der Waals surface area contributed by atoms with Crippen LogP contribution in [0.25, 0.3) is 0 Å². The zero-order valence-corrected chi connectivity index (χ0v) is 11.2. The molecule has 0 amide bonds. The molecule has 16 heavy (non-hydrogen) atoms. The zero-order valence-electron chi connectivity index (χ0n) is 9.61. The third-order valence-corrected chi connectivity index (χ3v) is 4.22. The van der Waals surface area contributed by atoms with Crippen LogP contribution in [0.5, 0.6) is 0 Å². The number of benzene rings is 1. The molecule has 2 N–H and O–H groups in total. The van der Waals surface area contributed by atoms with E-state index >= 15 is 0 Å². The highest BCUT2D eigenvalue weighted by atomic mass is 35.5.